The number of carbonyl (C=O) groups excluding carboxylic acids is 1. The molecule has 0 saturated heterocycles. The Balaban J connectivity index is 1.56. The largest absolute Gasteiger partial charge is 0.325 e. The second kappa shape index (κ2) is 10.2. The highest BCUT2D eigenvalue weighted by atomic mass is 32.2. The van der Waals surface area contributed by atoms with Crippen molar-refractivity contribution in [3.8, 4) is 0 Å². The van der Waals surface area contributed by atoms with Crippen LogP contribution in [0.3, 0.4) is 0 Å². The summed E-state index contributed by atoms with van der Waals surface area (Å²) in [6, 6.07) is 20.6. The number of hydrogen-bond donors (Lipinski definition) is 1. The Morgan fingerprint density at radius 2 is 1.64 bits per heavy atom. The predicted molar refractivity (Wildman–Crippen MR) is 142 cm³/mol. The molecule has 0 unspecified atom stereocenters. The maximum absolute atomic E-state index is 12.7. The lowest BCUT2D eigenvalue weighted by Crippen LogP contribution is -2.16. The van der Waals surface area contributed by atoms with Crippen molar-refractivity contribution < 1.29 is 4.79 Å². The summed E-state index contributed by atoms with van der Waals surface area (Å²) in [5.74, 6) is 0.269. The van der Waals surface area contributed by atoms with E-state index in [0.29, 0.717) is 12.2 Å². The number of hydrogen-bond acceptors (Lipinski definition) is 4. The molecule has 0 saturated carbocycles. The molecule has 0 fully saturated rings. The molecule has 1 aliphatic rings. The van der Waals surface area contributed by atoms with E-state index in [0.717, 1.165) is 39.8 Å². The fourth-order valence-electron chi connectivity index (χ4n) is 3.68. The van der Waals surface area contributed by atoms with Gasteiger partial charge in [0.1, 0.15) is 0 Å². The molecule has 1 amide bonds. The number of fused-ring (bicyclic) bond motifs is 1. The summed E-state index contributed by atoms with van der Waals surface area (Å²) < 4.78 is 0. The van der Waals surface area contributed by atoms with Crippen molar-refractivity contribution in [2.45, 2.75) is 40.5 Å². The summed E-state index contributed by atoms with van der Waals surface area (Å²) >= 11 is 1.48. The lowest BCUT2D eigenvalue weighted by Gasteiger charge is -2.09. The van der Waals surface area contributed by atoms with Gasteiger partial charge in [0.15, 0.2) is 0 Å². The number of benzene rings is 3. The molecule has 4 rings (SSSR count). The first-order valence-electron chi connectivity index (χ1n) is 11.3. The smallest absolute Gasteiger partial charge is 0.234 e. The molecule has 1 heterocycles. The number of thioether (sulfide) groups is 1. The van der Waals surface area contributed by atoms with Crippen molar-refractivity contribution in [3.63, 3.8) is 0 Å². The van der Waals surface area contributed by atoms with E-state index in [1.165, 1.54) is 34.0 Å². The summed E-state index contributed by atoms with van der Waals surface area (Å²) in [4.78, 5) is 22.6. The van der Waals surface area contributed by atoms with Crippen LogP contribution in [0, 0.1) is 20.8 Å². The highest BCUT2D eigenvalue weighted by Crippen LogP contribution is 2.36. The maximum Gasteiger partial charge on any atom is 0.234 e. The fourth-order valence-corrected chi connectivity index (χ4v) is 4.45. The average Bonchev–Trinajstić information content (AvgIpc) is 2.97. The zero-order valence-corrected chi connectivity index (χ0v) is 20.4. The molecule has 0 spiro atoms. The third-order valence-electron chi connectivity index (χ3n) is 5.78. The predicted octanol–water partition coefficient (Wildman–Crippen LogP) is 7.10. The van der Waals surface area contributed by atoms with Crippen molar-refractivity contribution in [1.82, 2.24) is 0 Å². The Kier molecular flexibility index (Phi) is 7.09. The molecular weight excluding hydrogens is 426 g/mol. The van der Waals surface area contributed by atoms with Crippen LogP contribution in [0.25, 0.3) is 0 Å². The maximum atomic E-state index is 12.7. The molecule has 3 aromatic carbocycles. The van der Waals surface area contributed by atoms with Crippen LogP contribution in [0.4, 0.5) is 17.1 Å². The Morgan fingerprint density at radius 1 is 0.939 bits per heavy atom. The van der Waals surface area contributed by atoms with Gasteiger partial charge in [-0.15, -0.1) is 11.8 Å². The number of carbonyl (C=O) groups is 1. The summed E-state index contributed by atoms with van der Waals surface area (Å²) in [7, 11) is 0. The second-order valence-corrected chi connectivity index (χ2v) is 9.47. The highest BCUT2D eigenvalue weighted by molar-refractivity contribution is 8.14. The van der Waals surface area contributed by atoms with E-state index < -0.39 is 0 Å². The Bertz CT molecular complexity index is 1240. The molecule has 0 aromatic heterocycles. The van der Waals surface area contributed by atoms with E-state index in [9.17, 15) is 4.79 Å². The van der Waals surface area contributed by atoms with Gasteiger partial charge in [0.05, 0.1) is 27.9 Å². The Morgan fingerprint density at radius 3 is 2.33 bits per heavy atom. The van der Waals surface area contributed by atoms with Gasteiger partial charge in [-0.2, -0.15) is 0 Å². The van der Waals surface area contributed by atoms with E-state index in [1.807, 2.05) is 18.2 Å². The van der Waals surface area contributed by atoms with Gasteiger partial charge in [-0.25, -0.2) is 4.99 Å². The van der Waals surface area contributed by atoms with Crippen LogP contribution in [-0.2, 0) is 11.2 Å². The molecule has 1 N–H and O–H groups in total. The first kappa shape index (κ1) is 23.0. The average molecular weight is 456 g/mol. The topological polar surface area (TPSA) is 53.8 Å². The lowest BCUT2D eigenvalue weighted by atomic mass is 10.1. The van der Waals surface area contributed by atoms with Crippen LogP contribution >= 0.6 is 11.8 Å². The standard InChI is InChI=1S/C28H29N3OS/c1-5-21-7-6-8-23(15-21)29-27(32)17-33-28-16-24(22-11-9-18(2)10-12-22)30-25-13-19(3)20(4)14-26(25)31-28/h6-15H,5,16-17H2,1-4H3,(H,29,32). The number of anilines is 1. The van der Waals surface area contributed by atoms with Gasteiger partial charge in [-0.3, -0.25) is 9.79 Å². The minimum Gasteiger partial charge on any atom is -0.325 e. The summed E-state index contributed by atoms with van der Waals surface area (Å²) in [6.07, 6.45) is 1.54. The third kappa shape index (κ3) is 5.79. The zero-order valence-electron chi connectivity index (χ0n) is 19.6. The molecule has 5 heteroatoms. The first-order valence-corrected chi connectivity index (χ1v) is 12.2. The fraction of sp³-hybridized carbons (Fsp3) is 0.250. The number of amides is 1. The van der Waals surface area contributed by atoms with E-state index in [-0.39, 0.29) is 5.91 Å². The molecule has 0 aliphatic carbocycles. The van der Waals surface area contributed by atoms with Gasteiger partial charge in [0, 0.05) is 12.1 Å². The van der Waals surface area contributed by atoms with Gasteiger partial charge in [-0.05, 0) is 73.7 Å². The van der Waals surface area contributed by atoms with E-state index in [1.54, 1.807) is 0 Å². The van der Waals surface area contributed by atoms with Crippen LogP contribution in [0.15, 0.2) is 70.6 Å². The van der Waals surface area contributed by atoms with Crippen LogP contribution in [0.2, 0.25) is 0 Å². The van der Waals surface area contributed by atoms with Crippen LogP contribution in [0.5, 0.6) is 0 Å². The minimum absolute atomic E-state index is 0.0330. The number of nitrogens with zero attached hydrogens (tertiary/aromatic N) is 2. The number of rotatable bonds is 5. The Hall–Kier alpha value is -3.18. The van der Waals surface area contributed by atoms with Crippen LogP contribution in [0.1, 0.15) is 41.2 Å². The molecule has 0 radical (unpaired) electrons. The van der Waals surface area contributed by atoms with Crippen molar-refractivity contribution >= 4 is 45.5 Å². The second-order valence-electron chi connectivity index (χ2n) is 8.42. The summed E-state index contributed by atoms with van der Waals surface area (Å²) in [6.45, 7) is 8.37. The van der Waals surface area contributed by atoms with Gasteiger partial charge in [0.2, 0.25) is 5.91 Å². The van der Waals surface area contributed by atoms with Gasteiger partial charge >= 0.3 is 0 Å². The quantitative estimate of drug-likeness (QED) is 0.446. The zero-order chi connectivity index (χ0) is 23.4. The molecular formula is C28H29N3OS. The van der Waals surface area contributed by atoms with Gasteiger partial charge < -0.3 is 5.32 Å². The first-order chi connectivity index (χ1) is 15.9. The summed E-state index contributed by atoms with van der Waals surface area (Å²) in [5, 5.41) is 3.91. The molecule has 4 nitrogen and oxygen atoms in total. The van der Waals surface area contributed by atoms with Crippen LogP contribution < -0.4 is 5.32 Å². The minimum atomic E-state index is -0.0330. The molecule has 1 aliphatic heterocycles. The molecule has 3 aromatic rings. The molecule has 0 atom stereocenters. The van der Waals surface area contributed by atoms with Crippen molar-refractivity contribution in [2.24, 2.45) is 9.98 Å². The lowest BCUT2D eigenvalue weighted by molar-refractivity contribution is -0.113. The SMILES string of the molecule is CCc1cccc(NC(=O)CSC2=Nc3cc(C)c(C)cc3N=C(c3ccc(C)cc3)C2)c1. The van der Waals surface area contributed by atoms with Gasteiger partial charge in [0.25, 0.3) is 0 Å². The van der Waals surface area contributed by atoms with Crippen molar-refractivity contribution in [3.05, 3.63) is 88.5 Å². The van der Waals surface area contributed by atoms with Crippen molar-refractivity contribution in [1.29, 1.82) is 0 Å². The number of aryl methyl sites for hydroxylation is 4. The number of aliphatic imine (C=N–C) groups is 2. The third-order valence-corrected chi connectivity index (χ3v) is 6.76. The molecule has 0 bridgehead atoms. The normalized spacial score (nSPS) is 13.0. The Labute approximate surface area is 200 Å². The molecule has 168 valence electrons. The monoisotopic (exact) mass is 455 g/mol. The molecule has 33 heavy (non-hydrogen) atoms. The number of nitrogens with one attached hydrogen (secondary N) is 1. The van der Waals surface area contributed by atoms with E-state index >= 15 is 0 Å². The van der Waals surface area contributed by atoms with E-state index in [4.69, 9.17) is 9.98 Å². The van der Waals surface area contributed by atoms with Crippen molar-refractivity contribution in [2.75, 3.05) is 11.1 Å². The summed E-state index contributed by atoms with van der Waals surface area (Å²) in [5.41, 5.74) is 9.43. The highest BCUT2D eigenvalue weighted by Gasteiger charge is 2.17. The van der Waals surface area contributed by atoms with E-state index in [2.05, 4.69) is 75.5 Å². The van der Waals surface area contributed by atoms with Gasteiger partial charge in [-0.1, -0.05) is 48.9 Å². The van der Waals surface area contributed by atoms with Crippen LogP contribution in [-0.4, -0.2) is 22.4 Å².